The van der Waals surface area contributed by atoms with Gasteiger partial charge < -0.3 is 15.7 Å². The Balaban J connectivity index is 2.30. The van der Waals surface area contributed by atoms with E-state index < -0.39 is 5.97 Å². The summed E-state index contributed by atoms with van der Waals surface area (Å²) in [7, 11) is 0. The van der Waals surface area contributed by atoms with Crippen LogP contribution in [0.5, 0.6) is 0 Å². The van der Waals surface area contributed by atoms with E-state index in [9.17, 15) is 9.59 Å². The van der Waals surface area contributed by atoms with Gasteiger partial charge in [0, 0.05) is 18.5 Å². The average molecular weight is 266 g/mol. The SMILES string of the molecule is C#CCC(CC)NC(=O)NC1CCC(C(=O)O)CC1. The Morgan fingerprint density at radius 1 is 1.37 bits per heavy atom. The minimum absolute atomic E-state index is 0.000332. The first kappa shape index (κ1) is 15.4. The van der Waals surface area contributed by atoms with E-state index in [-0.39, 0.29) is 24.0 Å². The summed E-state index contributed by atoms with van der Waals surface area (Å²) in [6.07, 6.45) is 9.24. The van der Waals surface area contributed by atoms with E-state index in [2.05, 4.69) is 16.6 Å². The van der Waals surface area contributed by atoms with Crippen LogP contribution in [0, 0.1) is 18.3 Å². The van der Waals surface area contributed by atoms with Crippen LogP contribution in [0.1, 0.15) is 45.4 Å². The molecule has 0 aliphatic heterocycles. The van der Waals surface area contributed by atoms with Crippen LogP contribution in [0.25, 0.3) is 0 Å². The third-order valence-electron chi connectivity index (χ3n) is 3.60. The molecule has 106 valence electrons. The number of nitrogens with one attached hydrogen (secondary N) is 2. The van der Waals surface area contributed by atoms with Crippen molar-refractivity contribution in [3.05, 3.63) is 0 Å². The first-order valence-electron chi connectivity index (χ1n) is 6.80. The Kier molecular flexibility index (Phi) is 6.20. The molecule has 0 aromatic carbocycles. The van der Waals surface area contributed by atoms with Gasteiger partial charge in [0.1, 0.15) is 0 Å². The highest BCUT2D eigenvalue weighted by molar-refractivity contribution is 5.74. The molecule has 1 rings (SSSR count). The molecule has 0 saturated heterocycles. The van der Waals surface area contributed by atoms with Crippen LogP contribution in [0.15, 0.2) is 0 Å². The fourth-order valence-corrected chi connectivity index (χ4v) is 2.34. The van der Waals surface area contributed by atoms with Gasteiger partial charge in [-0.15, -0.1) is 12.3 Å². The highest BCUT2D eigenvalue weighted by Crippen LogP contribution is 2.24. The lowest BCUT2D eigenvalue weighted by Gasteiger charge is -2.27. The van der Waals surface area contributed by atoms with Gasteiger partial charge in [-0.05, 0) is 32.1 Å². The van der Waals surface area contributed by atoms with Crippen LogP contribution in [-0.4, -0.2) is 29.2 Å². The highest BCUT2D eigenvalue weighted by Gasteiger charge is 2.26. The molecule has 0 aromatic heterocycles. The van der Waals surface area contributed by atoms with E-state index in [1.165, 1.54) is 0 Å². The number of terminal acetylenes is 1. The molecule has 0 aromatic rings. The summed E-state index contributed by atoms with van der Waals surface area (Å²) in [5.41, 5.74) is 0. The topological polar surface area (TPSA) is 78.4 Å². The second kappa shape index (κ2) is 7.67. The summed E-state index contributed by atoms with van der Waals surface area (Å²) in [6, 6.07) is -0.139. The summed E-state index contributed by atoms with van der Waals surface area (Å²) in [6.45, 7) is 1.97. The summed E-state index contributed by atoms with van der Waals surface area (Å²) < 4.78 is 0. The highest BCUT2D eigenvalue weighted by atomic mass is 16.4. The molecule has 5 heteroatoms. The molecule has 1 unspecified atom stereocenters. The molecule has 5 nitrogen and oxygen atoms in total. The van der Waals surface area contributed by atoms with Gasteiger partial charge in [0.05, 0.1) is 5.92 Å². The number of hydrogen-bond donors (Lipinski definition) is 3. The molecule has 0 bridgehead atoms. The first-order chi connectivity index (χ1) is 9.06. The van der Waals surface area contributed by atoms with Crippen LogP contribution in [0.3, 0.4) is 0 Å². The van der Waals surface area contributed by atoms with Gasteiger partial charge in [0.2, 0.25) is 0 Å². The van der Waals surface area contributed by atoms with E-state index in [1.807, 2.05) is 6.92 Å². The van der Waals surface area contributed by atoms with Gasteiger partial charge in [-0.3, -0.25) is 4.79 Å². The predicted molar refractivity (Wildman–Crippen MR) is 72.6 cm³/mol. The van der Waals surface area contributed by atoms with E-state index in [1.54, 1.807) is 0 Å². The number of carboxylic acid groups (broad SMARTS) is 1. The second-order valence-corrected chi connectivity index (χ2v) is 5.02. The number of carbonyl (C=O) groups is 2. The molecule has 1 aliphatic rings. The van der Waals surface area contributed by atoms with Crippen molar-refractivity contribution in [3.8, 4) is 12.3 Å². The Bertz CT molecular complexity index is 354. The fourth-order valence-electron chi connectivity index (χ4n) is 2.34. The third kappa shape index (κ3) is 5.21. The zero-order valence-electron chi connectivity index (χ0n) is 11.3. The lowest BCUT2D eigenvalue weighted by atomic mass is 9.86. The minimum atomic E-state index is -0.733. The maximum absolute atomic E-state index is 11.8. The van der Waals surface area contributed by atoms with E-state index in [0.717, 1.165) is 19.3 Å². The van der Waals surface area contributed by atoms with Crippen molar-refractivity contribution in [1.29, 1.82) is 0 Å². The zero-order chi connectivity index (χ0) is 14.3. The molecular weight excluding hydrogens is 244 g/mol. The normalized spacial score (nSPS) is 24.0. The summed E-state index contributed by atoms with van der Waals surface area (Å²) in [4.78, 5) is 22.6. The van der Waals surface area contributed by atoms with E-state index >= 15 is 0 Å². The quantitative estimate of drug-likeness (QED) is 0.663. The van der Waals surface area contributed by atoms with Crippen LogP contribution < -0.4 is 10.6 Å². The molecule has 3 N–H and O–H groups in total. The molecule has 0 spiro atoms. The van der Waals surface area contributed by atoms with Crippen molar-refractivity contribution in [2.45, 2.75) is 57.5 Å². The molecule has 2 amide bonds. The van der Waals surface area contributed by atoms with Gasteiger partial charge >= 0.3 is 12.0 Å². The van der Waals surface area contributed by atoms with Crippen LogP contribution in [-0.2, 0) is 4.79 Å². The Labute approximate surface area is 114 Å². The van der Waals surface area contributed by atoms with E-state index in [0.29, 0.717) is 19.3 Å². The number of hydrogen-bond acceptors (Lipinski definition) is 2. The van der Waals surface area contributed by atoms with Crippen molar-refractivity contribution in [2.24, 2.45) is 5.92 Å². The van der Waals surface area contributed by atoms with Gasteiger partial charge in [0.15, 0.2) is 0 Å². The monoisotopic (exact) mass is 266 g/mol. The lowest BCUT2D eigenvalue weighted by molar-refractivity contribution is -0.142. The molecule has 1 atom stereocenters. The smallest absolute Gasteiger partial charge is 0.315 e. The number of rotatable bonds is 5. The van der Waals surface area contributed by atoms with Crippen LogP contribution >= 0.6 is 0 Å². The number of amides is 2. The summed E-state index contributed by atoms with van der Waals surface area (Å²) in [5, 5.41) is 14.6. The molecule has 1 fully saturated rings. The maximum Gasteiger partial charge on any atom is 0.315 e. The van der Waals surface area contributed by atoms with Crippen molar-refractivity contribution < 1.29 is 14.7 Å². The molecule has 1 saturated carbocycles. The number of urea groups is 1. The Morgan fingerprint density at radius 3 is 2.47 bits per heavy atom. The molecule has 1 aliphatic carbocycles. The number of carbonyl (C=O) groups excluding carboxylic acids is 1. The standard InChI is InChI=1S/C14H22N2O3/c1-3-5-11(4-2)15-14(19)16-12-8-6-10(7-9-12)13(17)18/h1,10-12H,4-9H2,2H3,(H,17,18)(H2,15,16,19). The Morgan fingerprint density at radius 2 is 2.00 bits per heavy atom. The largest absolute Gasteiger partial charge is 0.481 e. The van der Waals surface area contributed by atoms with Gasteiger partial charge in [0.25, 0.3) is 0 Å². The van der Waals surface area contributed by atoms with Gasteiger partial charge in [-0.2, -0.15) is 0 Å². The summed E-state index contributed by atoms with van der Waals surface area (Å²) in [5.74, 6) is 1.55. The molecule has 19 heavy (non-hydrogen) atoms. The number of carboxylic acids is 1. The first-order valence-corrected chi connectivity index (χ1v) is 6.80. The van der Waals surface area contributed by atoms with Crippen molar-refractivity contribution >= 4 is 12.0 Å². The van der Waals surface area contributed by atoms with Gasteiger partial charge in [-0.1, -0.05) is 6.92 Å². The van der Waals surface area contributed by atoms with Crippen molar-refractivity contribution in [2.75, 3.05) is 0 Å². The molecule has 0 heterocycles. The fraction of sp³-hybridized carbons (Fsp3) is 0.714. The maximum atomic E-state index is 11.8. The minimum Gasteiger partial charge on any atom is -0.481 e. The lowest BCUT2D eigenvalue weighted by Crippen LogP contribution is -2.47. The second-order valence-electron chi connectivity index (χ2n) is 5.02. The predicted octanol–water partition coefficient (Wildman–Crippen LogP) is 1.73. The average Bonchev–Trinajstić information content (AvgIpc) is 2.38. The molecular formula is C14H22N2O3. The van der Waals surface area contributed by atoms with E-state index in [4.69, 9.17) is 11.5 Å². The Hall–Kier alpha value is -1.70. The van der Waals surface area contributed by atoms with Crippen LogP contribution in [0.2, 0.25) is 0 Å². The van der Waals surface area contributed by atoms with Gasteiger partial charge in [-0.25, -0.2) is 4.79 Å². The van der Waals surface area contributed by atoms with Crippen molar-refractivity contribution in [3.63, 3.8) is 0 Å². The zero-order valence-corrected chi connectivity index (χ0v) is 11.3. The number of aliphatic carboxylic acids is 1. The molecule has 0 radical (unpaired) electrons. The summed E-state index contributed by atoms with van der Waals surface area (Å²) >= 11 is 0. The van der Waals surface area contributed by atoms with Crippen molar-refractivity contribution in [1.82, 2.24) is 10.6 Å². The van der Waals surface area contributed by atoms with Crippen LogP contribution in [0.4, 0.5) is 4.79 Å². The third-order valence-corrected chi connectivity index (χ3v) is 3.60.